The Kier molecular flexibility index (Phi) is 5.96. The van der Waals surface area contributed by atoms with Crippen molar-refractivity contribution in [3.8, 4) is 0 Å². The summed E-state index contributed by atoms with van der Waals surface area (Å²) in [5.41, 5.74) is 5.84. The minimum Gasteiger partial charge on any atom is -0.329 e. The van der Waals surface area contributed by atoms with Gasteiger partial charge in [-0.05, 0) is 46.0 Å². The molecule has 4 nitrogen and oxygen atoms in total. The van der Waals surface area contributed by atoms with E-state index < -0.39 is 9.84 Å². The van der Waals surface area contributed by atoms with Crippen LogP contribution in [-0.2, 0) is 9.84 Å². The van der Waals surface area contributed by atoms with E-state index in [1.165, 1.54) is 0 Å². The smallest absolute Gasteiger partial charge is 0.153 e. The molecular weight excluding hydrogens is 268 g/mol. The first-order valence-electron chi connectivity index (χ1n) is 6.54. The summed E-state index contributed by atoms with van der Waals surface area (Å²) in [6.07, 6.45) is 4.24. The molecule has 0 radical (unpaired) electrons. The Morgan fingerprint density at radius 2 is 1.89 bits per heavy atom. The van der Waals surface area contributed by atoms with Gasteiger partial charge in [0.2, 0.25) is 0 Å². The van der Waals surface area contributed by atoms with Gasteiger partial charge >= 0.3 is 0 Å². The minimum atomic E-state index is -2.91. The highest BCUT2D eigenvalue weighted by Gasteiger charge is 2.32. The second kappa shape index (κ2) is 6.59. The highest BCUT2D eigenvalue weighted by atomic mass is 32.2. The second-order valence-electron chi connectivity index (χ2n) is 5.35. The molecule has 0 aliphatic carbocycles. The van der Waals surface area contributed by atoms with Crippen LogP contribution in [0.15, 0.2) is 0 Å². The zero-order valence-corrected chi connectivity index (χ0v) is 13.3. The van der Waals surface area contributed by atoms with Crippen LogP contribution in [0.4, 0.5) is 0 Å². The Morgan fingerprint density at radius 3 is 2.28 bits per heavy atom. The molecule has 0 aromatic carbocycles. The fourth-order valence-corrected chi connectivity index (χ4v) is 3.91. The highest BCUT2D eigenvalue weighted by Crippen LogP contribution is 2.33. The molecule has 1 aliphatic heterocycles. The lowest BCUT2D eigenvalue weighted by atomic mass is 9.96. The van der Waals surface area contributed by atoms with Gasteiger partial charge in [-0.25, -0.2) is 8.42 Å². The van der Waals surface area contributed by atoms with Crippen LogP contribution >= 0.6 is 11.8 Å². The van der Waals surface area contributed by atoms with Crippen LogP contribution in [0.3, 0.4) is 0 Å². The predicted molar refractivity (Wildman–Crippen MR) is 79.9 cm³/mol. The number of likely N-dealkylation sites (tertiary alicyclic amines) is 1. The molecule has 1 saturated heterocycles. The number of thioether (sulfide) groups is 1. The molecule has 1 heterocycles. The highest BCUT2D eigenvalue weighted by molar-refractivity contribution is 8.00. The number of rotatable bonds is 6. The van der Waals surface area contributed by atoms with Crippen molar-refractivity contribution in [2.24, 2.45) is 5.73 Å². The van der Waals surface area contributed by atoms with Gasteiger partial charge in [-0.3, -0.25) is 0 Å². The van der Waals surface area contributed by atoms with Crippen LogP contribution in [0.5, 0.6) is 0 Å². The number of sulfone groups is 1. The van der Waals surface area contributed by atoms with Crippen molar-refractivity contribution in [3.05, 3.63) is 0 Å². The fourth-order valence-electron chi connectivity index (χ4n) is 2.17. The van der Waals surface area contributed by atoms with E-state index in [-0.39, 0.29) is 15.7 Å². The maximum atomic E-state index is 11.8. The summed E-state index contributed by atoms with van der Waals surface area (Å²) in [6, 6.07) is 0. The Labute approximate surface area is 116 Å². The first kappa shape index (κ1) is 16.3. The second-order valence-corrected chi connectivity index (χ2v) is 9.30. The van der Waals surface area contributed by atoms with Crippen LogP contribution in [-0.4, -0.2) is 61.5 Å². The van der Waals surface area contributed by atoms with Gasteiger partial charge in [-0.1, -0.05) is 0 Å². The largest absolute Gasteiger partial charge is 0.329 e. The Bertz CT molecular complexity index is 341. The molecule has 1 fully saturated rings. The van der Waals surface area contributed by atoms with Gasteiger partial charge in [0.15, 0.2) is 9.84 Å². The third-order valence-corrected chi connectivity index (χ3v) is 7.61. The summed E-state index contributed by atoms with van der Waals surface area (Å²) in [5.74, 6) is 0.277. The monoisotopic (exact) mass is 294 g/mol. The normalized spacial score (nSPS) is 21.4. The molecule has 1 aliphatic rings. The maximum Gasteiger partial charge on any atom is 0.153 e. The Hall–Kier alpha value is 0.220. The quantitative estimate of drug-likeness (QED) is 0.791. The van der Waals surface area contributed by atoms with E-state index in [0.29, 0.717) is 13.1 Å². The zero-order chi connectivity index (χ0) is 13.8. The molecule has 1 rings (SSSR count). The molecule has 2 N–H and O–H groups in total. The summed E-state index contributed by atoms with van der Waals surface area (Å²) in [4.78, 5) is 2.25. The van der Waals surface area contributed by atoms with E-state index in [1.54, 1.807) is 13.8 Å². The molecule has 0 atom stereocenters. The van der Waals surface area contributed by atoms with E-state index in [1.807, 2.05) is 11.8 Å². The van der Waals surface area contributed by atoms with Crippen molar-refractivity contribution in [2.45, 2.75) is 36.7 Å². The predicted octanol–water partition coefficient (Wildman–Crippen LogP) is 0.966. The average molecular weight is 294 g/mol. The summed E-state index contributed by atoms with van der Waals surface area (Å²) in [7, 11) is -2.91. The van der Waals surface area contributed by atoms with Gasteiger partial charge < -0.3 is 10.6 Å². The van der Waals surface area contributed by atoms with Crippen LogP contribution in [0.25, 0.3) is 0 Å². The van der Waals surface area contributed by atoms with E-state index >= 15 is 0 Å². The lowest BCUT2D eigenvalue weighted by Crippen LogP contribution is -2.47. The molecule has 0 aromatic heterocycles. The van der Waals surface area contributed by atoms with Crippen molar-refractivity contribution < 1.29 is 8.42 Å². The Balaban J connectivity index is 2.41. The number of nitrogens with zero attached hydrogens (tertiary/aromatic N) is 1. The summed E-state index contributed by atoms with van der Waals surface area (Å²) in [6.45, 7) is 6.80. The number of nitrogens with two attached hydrogens (primary N) is 1. The first-order valence-corrected chi connectivity index (χ1v) is 9.48. The molecule has 6 heteroatoms. The SMILES string of the molecule is CSC1(CN)CCN(CCS(=O)(=O)C(C)C)CC1. The van der Waals surface area contributed by atoms with Crippen molar-refractivity contribution in [2.75, 3.05) is 38.2 Å². The lowest BCUT2D eigenvalue weighted by Gasteiger charge is -2.40. The molecule has 0 bridgehead atoms. The van der Waals surface area contributed by atoms with Crippen molar-refractivity contribution >= 4 is 21.6 Å². The zero-order valence-electron chi connectivity index (χ0n) is 11.7. The average Bonchev–Trinajstić information content (AvgIpc) is 2.37. The molecule has 18 heavy (non-hydrogen) atoms. The minimum absolute atomic E-state index is 0.216. The molecule has 108 valence electrons. The van der Waals surface area contributed by atoms with Gasteiger partial charge in [0, 0.05) is 17.8 Å². The van der Waals surface area contributed by atoms with Gasteiger partial charge in [-0.15, -0.1) is 0 Å². The van der Waals surface area contributed by atoms with E-state index in [0.717, 1.165) is 25.9 Å². The third-order valence-electron chi connectivity index (χ3n) is 3.98. The van der Waals surface area contributed by atoms with E-state index in [4.69, 9.17) is 5.73 Å². The summed E-state index contributed by atoms with van der Waals surface area (Å²) in [5, 5.41) is -0.267. The maximum absolute atomic E-state index is 11.8. The molecule has 0 saturated carbocycles. The van der Waals surface area contributed by atoms with Gasteiger partial charge in [0.1, 0.15) is 0 Å². The number of hydrogen-bond acceptors (Lipinski definition) is 5. The van der Waals surface area contributed by atoms with Crippen molar-refractivity contribution in [3.63, 3.8) is 0 Å². The molecular formula is C12H26N2O2S2. The van der Waals surface area contributed by atoms with Crippen molar-refractivity contribution in [1.29, 1.82) is 0 Å². The van der Waals surface area contributed by atoms with Gasteiger partial charge in [0.05, 0.1) is 11.0 Å². The molecule has 0 unspecified atom stereocenters. The topological polar surface area (TPSA) is 63.4 Å². The summed E-state index contributed by atoms with van der Waals surface area (Å²) >= 11 is 1.85. The molecule has 0 spiro atoms. The van der Waals surface area contributed by atoms with E-state index in [2.05, 4.69) is 11.2 Å². The van der Waals surface area contributed by atoms with Crippen LogP contribution in [0, 0.1) is 0 Å². The van der Waals surface area contributed by atoms with Crippen LogP contribution < -0.4 is 5.73 Å². The Morgan fingerprint density at radius 1 is 1.33 bits per heavy atom. The van der Waals surface area contributed by atoms with Gasteiger partial charge in [-0.2, -0.15) is 11.8 Å². The number of piperidine rings is 1. The number of hydrogen-bond donors (Lipinski definition) is 1. The lowest BCUT2D eigenvalue weighted by molar-refractivity contribution is 0.212. The first-order chi connectivity index (χ1) is 8.35. The fraction of sp³-hybridized carbons (Fsp3) is 1.00. The molecule has 0 aromatic rings. The summed E-state index contributed by atoms with van der Waals surface area (Å²) < 4.78 is 23.7. The van der Waals surface area contributed by atoms with Crippen LogP contribution in [0.1, 0.15) is 26.7 Å². The third kappa shape index (κ3) is 4.11. The van der Waals surface area contributed by atoms with Gasteiger partial charge in [0.25, 0.3) is 0 Å². The van der Waals surface area contributed by atoms with E-state index in [9.17, 15) is 8.42 Å². The van der Waals surface area contributed by atoms with Crippen LogP contribution in [0.2, 0.25) is 0 Å². The van der Waals surface area contributed by atoms with Crippen molar-refractivity contribution in [1.82, 2.24) is 4.90 Å². The standard InChI is InChI=1S/C12H26N2O2S2/c1-11(2)18(15,16)9-8-14-6-4-12(10-13,17-3)5-7-14/h11H,4-10,13H2,1-3H3. The molecule has 0 amide bonds.